The summed E-state index contributed by atoms with van der Waals surface area (Å²) in [5, 5.41) is 11.2. The van der Waals surface area contributed by atoms with E-state index in [1.807, 2.05) is 20.8 Å². The quantitative estimate of drug-likeness (QED) is 0.627. The molecule has 0 atom stereocenters. The Morgan fingerprint density at radius 3 is 1.35 bits per heavy atom. The number of rotatable bonds is 4. The number of nitrogens with zero attached hydrogens (tertiary/aromatic N) is 3. The third-order valence-electron chi connectivity index (χ3n) is 2.10. The molecule has 0 radical (unpaired) electrons. The first-order valence-corrected chi connectivity index (χ1v) is 7.11. The molecule has 3 nitrogen and oxygen atoms in total. The van der Waals surface area contributed by atoms with Gasteiger partial charge in [0, 0.05) is 0 Å². The van der Waals surface area contributed by atoms with Gasteiger partial charge in [0.25, 0.3) is 0 Å². The van der Waals surface area contributed by atoms with Crippen LogP contribution in [0.4, 0.5) is 0 Å². The van der Waals surface area contributed by atoms with Crippen LogP contribution in [0.2, 0.25) is 0 Å². The van der Waals surface area contributed by atoms with Crippen LogP contribution in [-0.4, -0.2) is 40.8 Å². The smallest absolute Gasteiger partial charge is 0.665 e. The van der Waals surface area contributed by atoms with Crippen LogP contribution in [0.15, 0.2) is 17.7 Å². The van der Waals surface area contributed by atoms with Gasteiger partial charge in [-0.05, 0) is 0 Å². The maximum atomic E-state index is 3.74. The second kappa shape index (κ2) is 31.6. The van der Waals surface area contributed by atoms with E-state index in [2.05, 4.69) is 41.1 Å². The molecular formula is C16H33N3Zr. The van der Waals surface area contributed by atoms with Gasteiger partial charge in [0.05, 0.1) is 0 Å². The molecule has 1 rings (SSSR count). The van der Waals surface area contributed by atoms with Crippen LogP contribution in [0, 0.1) is 6.08 Å². The zero-order valence-corrected chi connectivity index (χ0v) is 17.0. The Bertz CT molecular complexity index is 177. The maximum absolute atomic E-state index is 3.74. The molecule has 116 valence electrons. The van der Waals surface area contributed by atoms with E-state index in [-0.39, 0.29) is 26.2 Å². The van der Waals surface area contributed by atoms with Gasteiger partial charge >= 0.3 is 26.2 Å². The van der Waals surface area contributed by atoms with E-state index in [1.54, 1.807) is 21.1 Å². The van der Waals surface area contributed by atoms with E-state index in [4.69, 9.17) is 0 Å². The second-order valence-electron chi connectivity index (χ2n) is 3.56. The Morgan fingerprint density at radius 1 is 0.900 bits per heavy atom. The van der Waals surface area contributed by atoms with E-state index < -0.39 is 0 Å². The van der Waals surface area contributed by atoms with Gasteiger partial charge in [-0.25, -0.2) is 11.6 Å². The Balaban J connectivity index is -0.0000000881. The average molecular weight is 359 g/mol. The van der Waals surface area contributed by atoms with Gasteiger partial charge in [-0.15, -0.1) is 6.42 Å². The van der Waals surface area contributed by atoms with Gasteiger partial charge < -0.3 is 16.0 Å². The second-order valence-corrected chi connectivity index (χ2v) is 3.56. The van der Waals surface area contributed by atoms with Crippen LogP contribution in [0.3, 0.4) is 0 Å². The number of allylic oxidation sites excluding steroid dienone is 4. The molecule has 0 fully saturated rings. The van der Waals surface area contributed by atoms with E-state index in [0.717, 1.165) is 32.5 Å². The van der Waals surface area contributed by atoms with Crippen molar-refractivity contribution in [1.29, 1.82) is 0 Å². The molecule has 1 aliphatic carbocycles. The molecule has 0 spiro atoms. The van der Waals surface area contributed by atoms with Gasteiger partial charge in [-0.1, -0.05) is 34.1 Å². The van der Waals surface area contributed by atoms with Gasteiger partial charge in [0.2, 0.25) is 0 Å². The van der Waals surface area contributed by atoms with E-state index >= 15 is 0 Å². The Labute approximate surface area is 147 Å². The van der Waals surface area contributed by atoms with Crippen molar-refractivity contribution in [3.63, 3.8) is 0 Å². The zero-order valence-electron chi connectivity index (χ0n) is 14.5. The third kappa shape index (κ3) is 36.2. The maximum Gasteiger partial charge on any atom is 4.00 e. The van der Waals surface area contributed by atoms with Crippen LogP contribution in [-0.2, 0) is 26.2 Å². The largest absolute Gasteiger partial charge is 4.00 e. The van der Waals surface area contributed by atoms with Gasteiger partial charge in [-0.3, -0.25) is 6.08 Å². The summed E-state index contributed by atoms with van der Waals surface area (Å²) in [6.07, 6.45) is 9.65. The van der Waals surface area contributed by atoms with Crippen LogP contribution >= 0.6 is 0 Å². The summed E-state index contributed by atoms with van der Waals surface area (Å²) in [6, 6.07) is 0. The predicted octanol–water partition coefficient (Wildman–Crippen LogP) is 5.11. The summed E-state index contributed by atoms with van der Waals surface area (Å²) in [7, 11) is 5.42. The SMILES string of the molecule is CCC1=[C-]CC=C1.CC[N-]C.CC[N-]C.CC[N-]C.[Zr+4]. The van der Waals surface area contributed by atoms with Crippen LogP contribution in [0.1, 0.15) is 40.5 Å². The zero-order chi connectivity index (χ0) is 15.4. The van der Waals surface area contributed by atoms with Crippen molar-refractivity contribution in [2.24, 2.45) is 0 Å². The standard InChI is InChI=1S/C7H9.3C3H8N.Zr/c1-2-7-5-3-4-6-7;3*1-3-4-2;/h3,5H,2,4H2,1H3;3*3H2,1-2H3;/q4*-1;+4. The van der Waals surface area contributed by atoms with Gasteiger partial charge in [0.1, 0.15) is 0 Å². The van der Waals surface area contributed by atoms with Crippen molar-refractivity contribution in [2.75, 3.05) is 40.8 Å². The Hall–Kier alpha value is 0.243. The molecule has 0 saturated carbocycles. The number of hydrogen-bond donors (Lipinski definition) is 0. The van der Waals surface area contributed by atoms with Gasteiger partial charge in [-0.2, -0.15) is 46.9 Å². The summed E-state index contributed by atoms with van der Waals surface area (Å²) in [5.41, 5.74) is 1.36. The monoisotopic (exact) mass is 357 g/mol. The molecule has 0 aromatic heterocycles. The van der Waals surface area contributed by atoms with Crippen LogP contribution < -0.4 is 0 Å². The predicted molar refractivity (Wildman–Crippen MR) is 90.3 cm³/mol. The molecule has 0 aromatic carbocycles. The minimum Gasteiger partial charge on any atom is -0.665 e. The molecule has 0 bridgehead atoms. The summed E-state index contributed by atoms with van der Waals surface area (Å²) >= 11 is 0. The molecule has 0 heterocycles. The summed E-state index contributed by atoms with van der Waals surface area (Å²) in [4.78, 5) is 0. The first-order chi connectivity index (χ1) is 9.17. The van der Waals surface area contributed by atoms with Crippen LogP contribution in [0.25, 0.3) is 16.0 Å². The molecule has 0 amide bonds. The van der Waals surface area contributed by atoms with Crippen molar-refractivity contribution in [1.82, 2.24) is 0 Å². The number of hydrogen-bond acceptors (Lipinski definition) is 0. The normalized spacial score (nSPS) is 10.7. The minimum atomic E-state index is 0. The minimum absolute atomic E-state index is 0. The topological polar surface area (TPSA) is 42.3 Å². The van der Waals surface area contributed by atoms with Crippen molar-refractivity contribution >= 4 is 0 Å². The Morgan fingerprint density at radius 2 is 1.25 bits per heavy atom. The molecule has 0 N–H and O–H groups in total. The van der Waals surface area contributed by atoms with E-state index in [1.165, 1.54) is 5.57 Å². The van der Waals surface area contributed by atoms with Crippen molar-refractivity contribution in [3.8, 4) is 0 Å². The molecule has 0 aliphatic heterocycles. The van der Waals surface area contributed by atoms with E-state index in [9.17, 15) is 0 Å². The summed E-state index contributed by atoms with van der Waals surface area (Å²) in [6.45, 7) is 11.0. The summed E-state index contributed by atoms with van der Waals surface area (Å²) < 4.78 is 0. The fourth-order valence-electron chi connectivity index (χ4n) is 0.693. The van der Waals surface area contributed by atoms with Crippen LogP contribution in [0.5, 0.6) is 0 Å². The van der Waals surface area contributed by atoms with E-state index in [0.29, 0.717) is 0 Å². The average Bonchev–Trinajstić information content (AvgIpc) is 3.01. The van der Waals surface area contributed by atoms with Crippen molar-refractivity contribution in [3.05, 3.63) is 39.8 Å². The molecule has 20 heavy (non-hydrogen) atoms. The fraction of sp³-hybridized carbons (Fsp3) is 0.750. The molecule has 0 aromatic rings. The third-order valence-corrected chi connectivity index (χ3v) is 2.10. The molecule has 0 saturated heterocycles. The molecular weight excluding hydrogens is 325 g/mol. The fourth-order valence-corrected chi connectivity index (χ4v) is 0.693. The van der Waals surface area contributed by atoms with Crippen molar-refractivity contribution in [2.45, 2.75) is 40.5 Å². The molecule has 4 heteroatoms. The van der Waals surface area contributed by atoms with Gasteiger partial charge in [0.15, 0.2) is 0 Å². The first kappa shape index (κ1) is 28.4. The molecule has 1 aliphatic rings. The summed E-state index contributed by atoms with van der Waals surface area (Å²) in [5.74, 6) is 0. The van der Waals surface area contributed by atoms with Crippen molar-refractivity contribution < 1.29 is 26.2 Å². The Kier molecular flexibility index (Phi) is 44.8. The first-order valence-electron chi connectivity index (χ1n) is 7.11. The molecule has 0 unspecified atom stereocenters.